The van der Waals surface area contributed by atoms with Gasteiger partial charge in [0.1, 0.15) is 5.01 Å². The third-order valence-electron chi connectivity index (χ3n) is 5.12. The Balaban J connectivity index is 2.00. The van der Waals surface area contributed by atoms with Gasteiger partial charge in [-0.25, -0.2) is 4.98 Å². The van der Waals surface area contributed by atoms with Gasteiger partial charge in [-0.05, 0) is 50.4 Å². The Hall–Kier alpha value is -0.410. The number of nitrogens with one attached hydrogen (secondary N) is 1. The number of nitrogens with zero attached hydrogens (tertiary/aromatic N) is 1. The molecule has 1 N–H and O–H groups in total. The molecule has 3 rings (SSSR count). The summed E-state index contributed by atoms with van der Waals surface area (Å²) in [5.74, 6) is 2.25. The first kappa shape index (κ1) is 14.5. The summed E-state index contributed by atoms with van der Waals surface area (Å²) in [6.45, 7) is 9.33. The molecule has 2 saturated carbocycles. The maximum absolute atomic E-state index is 4.91. The lowest BCUT2D eigenvalue weighted by molar-refractivity contribution is 0.0702. The van der Waals surface area contributed by atoms with Crippen LogP contribution in [0.2, 0.25) is 0 Å². The smallest absolute Gasteiger partial charge is 0.113 e. The van der Waals surface area contributed by atoms with Crippen molar-refractivity contribution in [3.63, 3.8) is 0 Å². The molecule has 0 aromatic carbocycles. The summed E-state index contributed by atoms with van der Waals surface area (Å²) in [6.07, 6.45) is 6.69. The number of hydrogen-bond donors (Lipinski definition) is 1. The highest BCUT2D eigenvalue weighted by atomic mass is 32.1. The molecule has 1 aromatic rings. The lowest BCUT2D eigenvalue weighted by Crippen LogP contribution is -2.54. The summed E-state index contributed by atoms with van der Waals surface area (Å²) in [5.41, 5.74) is 1.33. The van der Waals surface area contributed by atoms with Crippen LogP contribution in [0.15, 0.2) is 5.38 Å². The van der Waals surface area contributed by atoms with Crippen LogP contribution >= 0.6 is 11.3 Å². The first-order chi connectivity index (χ1) is 9.51. The third kappa shape index (κ3) is 2.67. The largest absolute Gasteiger partial charge is 0.302 e. The van der Waals surface area contributed by atoms with Crippen LogP contribution in [-0.2, 0) is 5.54 Å². The molecule has 0 amide bonds. The average Bonchev–Trinajstić information content (AvgIpc) is 3.07. The summed E-state index contributed by atoms with van der Waals surface area (Å²) < 4.78 is 0. The van der Waals surface area contributed by atoms with E-state index < -0.39 is 0 Å². The Labute approximate surface area is 127 Å². The first-order valence-electron chi connectivity index (χ1n) is 8.21. The van der Waals surface area contributed by atoms with E-state index in [4.69, 9.17) is 4.98 Å². The molecule has 1 aromatic heterocycles. The summed E-state index contributed by atoms with van der Waals surface area (Å²) in [4.78, 5) is 4.91. The van der Waals surface area contributed by atoms with Crippen LogP contribution in [-0.4, -0.2) is 11.0 Å². The zero-order valence-electron chi connectivity index (χ0n) is 13.3. The lowest BCUT2D eigenvalue weighted by atomic mass is 9.65. The molecule has 112 valence electrons. The highest BCUT2D eigenvalue weighted by Gasteiger charge is 2.49. The molecule has 0 saturated heterocycles. The Morgan fingerprint density at radius 3 is 2.60 bits per heavy atom. The number of aryl methyl sites for hydroxylation is 1. The van der Waals surface area contributed by atoms with E-state index in [1.807, 2.05) is 11.3 Å². The van der Waals surface area contributed by atoms with Gasteiger partial charge in [0.15, 0.2) is 0 Å². The fourth-order valence-corrected chi connectivity index (χ4v) is 5.08. The molecule has 3 atom stereocenters. The van der Waals surface area contributed by atoms with Crippen molar-refractivity contribution in [2.24, 2.45) is 17.8 Å². The van der Waals surface area contributed by atoms with Crippen molar-refractivity contribution in [1.29, 1.82) is 0 Å². The van der Waals surface area contributed by atoms with Gasteiger partial charge in [-0.3, -0.25) is 0 Å². The minimum Gasteiger partial charge on any atom is -0.302 e. The number of thiazole rings is 1. The lowest BCUT2D eigenvalue weighted by Gasteiger charge is -2.48. The third-order valence-corrected chi connectivity index (χ3v) is 6.26. The zero-order chi connectivity index (χ0) is 14.3. The molecule has 0 radical (unpaired) electrons. The van der Waals surface area contributed by atoms with Gasteiger partial charge >= 0.3 is 0 Å². The number of rotatable bonds is 4. The SMILES string of the molecule is Cc1csc(C2(NC3CC3)CC(C)CCC2C(C)C)n1. The molecule has 0 bridgehead atoms. The van der Waals surface area contributed by atoms with Gasteiger partial charge in [0.05, 0.1) is 5.54 Å². The van der Waals surface area contributed by atoms with Crippen molar-refractivity contribution in [2.45, 2.75) is 71.4 Å². The minimum absolute atomic E-state index is 0.145. The first-order valence-corrected chi connectivity index (χ1v) is 9.09. The summed E-state index contributed by atoms with van der Waals surface area (Å²) in [7, 11) is 0. The number of hydrogen-bond acceptors (Lipinski definition) is 3. The van der Waals surface area contributed by atoms with Crippen molar-refractivity contribution in [1.82, 2.24) is 10.3 Å². The fraction of sp³-hybridized carbons (Fsp3) is 0.824. The molecule has 2 fully saturated rings. The second kappa shape index (κ2) is 5.42. The van der Waals surface area contributed by atoms with Crippen LogP contribution in [0.3, 0.4) is 0 Å². The van der Waals surface area contributed by atoms with Gasteiger partial charge in [-0.1, -0.05) is 27.2 Å². The standard InChI is InChI=1S/C17H28N2S/c1-11(2)15-8-5-12(3)9-17(15,19-14-6-7-14)16-18-13(4)10-20-16/h10-12,14-15,19H,5-9H2,1-4H3. The average molecular weight is 292 g/mol. The van der Waals surface area contributed by atoms with Crippen LogP contribution in [0.25, 0.3) is 0 Å². The van der Waals surface area contributed by atoms with Crippen molar-refractivity contribution in [2.75, 3.05) is 0 Å². The molecule has 3 heteroatoms. The second-order valence-electron chi connectivity index (χ2n) is 7.42. The molecular formula is C17H28N2S. The molecule has 20 heavy (non-hydrogen) atoms. The maximum Gasteiger partial charge on any atom is 0.113 e. The van der Waals surface area contributed by atoms with Crippen LogP contribution in [0.1, 0.15) is 63.6 Å². The second-order valence-corrected chi connectivity index (χ2v) is 8.28. The molecule has 3 unspecified atom stereocenters. The quantitative estimate of drug-likeness (QED) is 0.884. The normalized spacial score (nSPS) is 34.6. The molecule has 2 nitrogen and oxygen atoms in total. The molecular weight excluding hydrogens is 264 g/mol. The maximum atomic E-state index is 4.91. The van der Waals surface area contributed by atoms with Crippen LogP contribution in [0, 0.1) is 24.7 Å². The van der Waals surface area contributed by atoms with E-state index in [1.54, 1.807) is 0 Å². The van der Waals surface area contributed by atoms with Gasteiger partial charge in [0, 0.05) is 17.1 Å². The fourth-order valence-electron chi connectivity index (χ4n) is 4.04. The van der Waals surface area contributed by atoms with E-state index >= 15 is 0 Å². The van der Waals surface area contributed by atoms with E-state index in [2.05, 4.69) is 38.4 Å². The van der Waals surface area contributed by atoms with Gasteiger partial charge < -0.3 is 5.32 Å². The van der Waals surface area contributed by atoms with Crippen LogP contribution in [0.4, 0.5) is 0 Å². The zero-order valence-corrected chi connectivity index (χ0v) is 14.1. The Bertz CT molecular complexity index is 459. The van der Waals surface area contributed by atoms with Gasteiger partial charge in [-0.2, -0.15) is 0 Å². The number of aromatic nitrogens is 1. The molecule has 1 heterocycles. The Morgan fingerprint density at radius 2 is 2.05 bits per heavy atom. The van der Waals surface area contributed by atoms with Crippen LogP contribution in [0.5, 0.6) is 0 Å². The van der Waals surface area contributed by atoms with E-state index in [0.29, 0.717) is 0 Å². The topological polar surface area (TPSA) is 24.9 Å². The minimum atomic E-state index is 0.145. The van der Waals surface area contributed by atoms with Crippen LogP contribution < -0.4 is 5.32 Å². The summed E-state index contributed by atoms with van der Waals surface area (Å²) >= 11 is 1.87. The summed E-state index contributed by atoms with van der Waals surface area (Å²) in [5, 5.41) is 7.62. The summed E-state index contributed by atoms with van der Waals surface area (Å²) in [6, 6.07) is 0.741. The Kier molecular flexibility index (Phi) is 3.93. The predicted molar refractivity (Wildman–Crippen MR) is 86.0 cm³/mol. The highest BCUT2D eigenvalue weighted by molar-refractivity contribution is 7.09. The van der Waals surface area contributed by atoms with Crippen molar-refractivity contribution < 1.29 is 0 Å². The molecule has 2 aliphatic rings. The predicted octanol–water partition coefficient (Wildman–Crippen LogP) is 4.49. The molecule has 2 aliphatic carbocycles. The van der Waals surface area contributed by atoms with E-state index in [1.165, 1.54) is 42.8 Å². The van der Waals surface area contributed by atoms with Crippen molar-refractivity contribution in [3.05, 3.63) is 16.1 Å². The van der Waals surface area contributed by atoms with Gasteiger partial charge in [-0.15, -0.1) is 11.3 Å². The van der Waals surface area contributed by atoms with Gasteiger partial charge in [0.25, 0.3) is 0 Å². The molecule has 0 aliphatic heterocycles. The van der Waals surface area contributed by atoms with Crippen molar-refractivity contribution in [3.8, 4) is 0 Å². The van der Waals surface area contributed by atoms with Gasteiger partial charge in [0.2, 0.25) is 0 Å². The van der Waals surface area contributed by atoms with E-state index in [9.17, 15) is 0 Å². The van der Waals surface area contributed by atoms with E-state index in [-0.39, 0.29) is 5.54 Å². The van der Waals surface area contributed by atoms with E-state index in [0.717, 1.165) is 23.8 Å². The van der Waals surface area contributed by atoms with Crippen molar-refractivity contribution >= 4 is 11.3 Å². The highest BCUT2D eigenvalue weighted by Crippen LogP contribution is 2.49. The monoisotopic (exact) mass is 292 g/mol. The Morgan fingerprint density at radius 1 is 1.30 bits per heavy atom. The molecule has 0 spiro atoms.